The van der Waals surface area contributed by atoms with Crippen LogP contribution in [-0.4, -0.2) is 27.3 Å². The number of methoxy groups -OCH3 is 3. The summed E-state index contributed by atoms with van der Waals surface area (Å²) in [5.74, 6) is 1.78. The fraction of sp³-hybridized carbons (Fsp3) is 0.533. The summed E-state index contributed by atoms with van der Waals surface area (Å²) in [5, 5.41) is 0.534. The Balaban J connectivity index is 2.01. The standard InChI is InChI=1S/C15H19ClO4/c1-18-13-8-12(16)14(19-2)7-10(13)5-4-9-6-11(9)15(17)20-3/h7-9,11H,4-6H2,1-3H3. The van der Waals surface area contributed by atoms with Gasteiger partial charge in [0.15, 0.2) is 0 Å². The summed E-state index contributed by atoms with van der Waals surface area (Å²) in [5.41, 5.74) is 1.05. The highest BCUT2D eigenvalue weighted by Crippen LogP contribution is 2.43. The third-order valence-electron chi connectivity index (χ3n) is 3.77. The molecule has 0 heterocycles. The first-order chi connectivity index (χ1) is 9.60. The number of benzene rings is 1. The van der Waals surface area contributed by atoms with Gasteiger partial charge >= 0.3 is 5.97 Å². The molecule has 0 aliphatic heterocycles. The topological polar surface area (TPSA) is 44.8 Å². The van der Waals surface area contributed by atoms with Crippen LogP contribution in [0.2, 0.25) is 5.02 Å². The minimum absolute atomic E-state index is 0.0696. The normalized spacial score (nSPS) is 20.4. The van der Waals surface area contributed by atoms with Crippen molar-refractivity contribution < 1.29 is 19.0 Å². The molecule has 1 aliphatic rings. The molecule has 0 aromatic heterocycles. The first-order valence-corrected chi connectivity index (χ1v) is 6.96. The minimum atomic E-state index is -0.101. The Labute approximate surface area is 124 Å². The largest absolute Gasteiger partial charge is 0.496 e. The second-order valence-electron chi connectivity index (χ2n) is 4.96. The van der Waals surface area contributed by atoms with Crippen LogP contribution in [0.5, 0.6) is 11.5 Å². The van der Waals surface area contributed by atoms with Gasteiger partial charge in [-0.1, -0.05) is 11.6 Å². The lowest BCUT2D eigenvalue weighted by Crippen LogP contribution is -2.05. The van der Waals surface area contributed by atoms with Crippen LogP contribution in [0.25, 0.3) is 0 Å². The van der Waals surface area contributed by atoms with Gasteiger partial charge in [0.1, 0.15) is 11.5 Å². The van der Waals surface area contributed by atoms with Crippen molar-refractivity contribution in [2.45, 2.75) is 19.3 Å². The van der Waals surface area contributed by atoms with E-state index in [0.29, 0.717) is 16.7 Å². The van der Waals surface area contributed by atoms with Crippen molar-refractivity contribution in [3.05, 3.63) is 22.7 Å². The molecule has 0 bridgehead atoms. The van der Waals surface area contributed by atoms with Crippen molar-refractivity contribution in [2.24, 2.45) is 11.8 Å². The van der Waals surface area contributed by atoms with E-state index >= 15 is 0 Å². The molecule has 0 radical (unpaired) electrons. The van der Waals surface area contributed by atoms with E-state index in [-0.39, 0.29) is 11.9 Å². The number of hydrogen-bond acceptors (Lipinski definition) is 4. The molecule has 0 amide bonds. The lowest BCUT2D eigenvalue weighted by atomic mass is 10.0. The van der Waals surface area contributed by atoms with Crippen molar-refractivity contribution in [2.75, 3.05) is 21.3 Å². The molecule has 2 atom stereocenters. The van der Waals surface area contributed by atoms with Crippen molar-refractivity contribution in [3.63, 3.8) is 0 Å². The predicted molar refractivity (Wildman–Crippen MR) is 76.5 cm³/mol. The Morgan fingerprint density at radius 3 is 2.55 bits per heavy atom. The number of ether oxygens (including phenoxy) is 3. The summed E-state index contributed by atoms with van der Waals surface area (Å²) in [6.45, 7) is 0. The van der Waals surface area contributed by atoms with Crippen LogP contribution in [0, 0.1) is 11.8 Å². The van der Waals surface area contributed by atoms with Crippen molar-refractivity contribution in [3.8, 4) is 11.5 Å². The minimum Gasteiger partial charge on any atom is -0.496 e. The summed E-state index contributed by atoms with van der Waals surface area (Å²) >= 11 is 6.07. The summed E-state index contributed by atoms with van der Waals surface area (Å²) in [7, 11) is 4.65. The third kappa shape index (κ3) is 3.18. The highest BCUT2D eigenvalue weighted by Gasteiger charge is 2.43. The van der Waals surface area contributed by atoms with Gasteiger partial charge in [-0.25, -0.2) is 0 Å². The zero-order chi connectivity index (χ0) is 14.7. The number of carbonyl (C=O) groups is 1. The summed E-state index contributed by atoms with van der Waals surface area (Å²) in [4.78, 5) is 11.4. The van der Waals surface area contributed by atoms with Gasteiger partial charge in [0, 0.05) is 6.07 Å². The zero-order valence-electron chi connectivity index (χ0n) is 11.9. The summed E-state index contributed by atoms with van der Waals surface area (Å²) < 4.78 is 15.3. The number of aryl methyl sites for hydroxylation is 1. The van der Waals surface area contributed by atoms with Crippen LogP contribution >= 0.6 is 11.6 Å². The van der Waals surface area contributed by atoms with Crippen LogP contribution in [0.4, 0.5) is 0 Å². The smallest absolute Gasteiger partial charge is 0.308 e. The molecule has 1 aliphatic carbocycles. The number of halogens is 1. The van der Waals surface area contributed by atoms with Gasteiger partial charge in [0.2, 0.25) is 0 Å². The Morgan fingerprint density at radius 2 is 1.95 bits per heavy atom. The molecule has 2 rings (SSSR count). The molecular weight excluding hydrogens is 280 g/mol. The maximum atomic E-state index is 11.4. The lowest BCUT2D eigenvalue weighted by Gasteiger charge is -2.12. The Kier molecular flexibility index (Phi) is 4.76. The molecule has 5 heteroatoms. The molecular formula is C15H19ClO4. The average Bonchev–Trinajstić information content (AvgIpc) is 3.24. The first-order valence-electron chi connectivity index (χ1n) is 6.59. The van der Waals surface area contributed by atoms with E-state index in [1.54, 1.807) is 20.3 Å². The van der Waals surface area contributed by atoms with Crippen molar-refractivity contribution in [1.82, 2.24) is 0 Å². The number of hydrogen-bond donors (Lipinski definition) is 0. The van der Waals surface area contributed by atoms with Crippen LogP contribution in [0.1, 0.15) is 18.4 Å². The monoisotopic (exact) mass is 298 g/mol. The highest BCUT2D eigenvalue weighted by molar-refractivity contribution is 6.32. The van der Waals surface area contributed by atoms with E-state index in [1.807, 2.05) is 6.07 Å². The van der Waals surface area contributed by atoms with Gasteiger partial charge < -0.3 is 14.2 Å². The number of esters is 1. The Morgan fingerprint density at radius 1 is 1.25 bits per heavy atom. The summed E-state index contributed by atoms with van der Waals surface area (Å²) in [6.07, 6.45) is 2.68. The predicted octanol–water partition coefficient (Wildman–Crippen LogP) is 3.10. The van der Waals surface area contributed by atoms with E-state index in [9.17, 15) is 4.79 Å². The molecule has 110 valence electrons. The quantitative estimate of drug-likeness (QED) is 0.757. The van der Waals surface area contributed by atoms with Gasteiger partial charge in [-0.05, 0) is 36.8 Å². The zero-order valence-corrected chi connectivity index (χ0v) is 12.7. The molecule has 2 unspecified atom stereocenters. The third-order valence-corrected chi connectivity index (χ3v) is 4.06. The Bertz CT molecular complexity index is 501. The highest BCUT2D eigenvalue weighted by atomic mass is 35.5. The van der Waals surface area contributed by atoms with E-state index in [4.69, 9.17) is 25.8 Å². The van der Waals surface area contributed by atoms with Gasteiger partial charge in [0.05, 0.1) is 32.3 Å². The van der Waals surface area contributed by atoms with E-state index in [2.05, 4.69) is 0 Å². The molecule has 1 aromatic rings. The molecule has 0 saturated heterocycles. The molecule has 1 aromatic carbocycles. The second-order valence-corrected chi connectivity index (χ2v) is 5.37. The molecule has 20 heavy (non-hydrogen) atoms. The SMILES string of the molecule is COC(=O)C1CC1CCc1cc(OC)c(Cl)cc1OC. The van der Waals surface area contributed by atoms with E-state index in [1.165, 1.54) is 7.11 Å². The van der Waals surface area contributed by atoms with Gasteiger partial charge in [-0.2, -0.15) is 0 Å². The van der Waals surface area contributed by atoms with Crippen LogP contribution in [0.15, 0.2) is 12.1 Å². The van der Waals surface area contributed by atoms with Crippen LogP contribution < -0.4 is 9.47 Å². The number of carbonyl (C=O) groups excluding carboxylic acids is 1. The number of rotatable bonds is 6. The van der Waals surface area contributed by atoms with Gasteiger partial charge in [0.25, 0.3) is 0 Å². The second kappa shape index (κ2) is 6.35. The molecule has 0 spiro atoms. The van der Waals surface area contributed by atoms with E-state index in [0.717, 1.165) is 30.6 Å². The maximum Gasteiger partial charge on any atom is 0.308 e. The van der Waals surface area contributed by atoms with Crippen LogP contribution in [-0.2, 0) is 16.0 Å². The first kappa shape index (κ1) is 15.0. The van der Waals surface area contributed by atoms with Gasteiger partial charge in [-0.3, -0.25) is 4.79 Å². The fourth-order valence-corrected chi connectivity index (χ4v) is 2.70. The summed E-state index contributed by atoms with van der Waals surface area (Å²) in [6, 6.07) is 3.66. The fourth-order valence-electron chi connectivity index (χ4n) is 2.47. The Hall–Kier alpha value is -1.42. The molecule has 4 nitrogen and oxygen atoms in total. The average molecular weight is 299 g/mol. The van der Waals surface area contributed by atoms with E-state index < -0.39 is 0 Å². The lowest BCUT2D eigenvalue weighted by molar-refractivity contribution is -0.142. The maximum absolute atomic E-state index is 11.4. The molecule has 1 saturated carbocycles. The van der Waals surface area contributed by atoms with Crippen molar-refractivity contribution >= 4 is 17.6 Å². The van der Waals surface area contributed by atoms with Gasteiger partial charge in [-0.15, -0.1) is 0 Å². The van der Waals surface area contributed by atoms with Crippen molar-refractivity contribution in [1.29, 1.82) is 0 Å². The van der Waals surface area contributed by atoms with Crippen LogP contribution in [0.3, 0.4) is 0 Å². The molecule has 1 fully saturated rings. The molecule has 0 N–H and O–H groups in total.